The van der Waals surface area contributed by atoms with E-state index in [1.54, 1.807) is 48.5 Å². The van der Waals surface area contributed by atoms with Crippen molar-refractivity contribution in [3.05, 3.63) is 75.3 Å². The lowest BCUT2D eigenvalue weighted by molar-refractivity contribution is 0.101. The minimum absolute atomic E-state index is 0.297. The highest BCUT2D eigenvalue weighted by molar-refractivity contribution is 6.39. The quantitative estimate of drug-likeness (QED) is 0.352. The Morgan fingerprint density at radius 1 is 1.15 bits per heavy atom. The molecule has 1 unspecified atom stereocenters. The van der Waals surface area contributed by atoms with Crippen molar-refractivity contribution in [1.29, 1.82) is 5.26 Å². The van der Waals surface area contributed by atoms with Gasteiger partial charge >= 0.3 is 0 Å². The summed E-state index contributed by atoms with van der Waals surface area (Å²) in [4.78, 5) is 13.2. The monoisotopic (exact) mass is 493 g/mol. The summed E-state index contributed by atoms with van der Waals surface area (Å²) in [7, 11) is 0. The summed E-state index contributed by atoms with van der Waals surface area (Å²) >= 11 is 12.6. The van der Waals surface area contributed by atoms with E-state index < -0.39 is 11.9 Å². The highest BCUT2D eigenvalue weighted by Gasteiger charge is 2.39. The number of ether oxygens (including phenoxy) is 1. The first-order valence-corrected chi connectivity index (χ1v) is 11.4. The predicted octanol–water partition coefficient (Wildman–Crippen LogP) is 6.06. The molecule has 2 aliphatic rings. The maximum atomic E-state index is 13.2. The number of para-hydroxylation sites is 1. The molecule has 7 nitrogen and oxygen atoms in total. The molecule has 0 bridgehead atoms. The molecule has 0 saturated carbocycles. The van der Waals surface area contributed by atoms with Crippen LogP contribution in [0.4, 0.5) is 22.7 Å². The molecular formula is C25H21Cl2N5O2. The maximum Gasteiger partial charge on any atom is 0.259 e. The average molecular weight is 494 g/mol. The Labute approximate surface area is 207 Å². The van der Waals surface area contributed by atoms with Crippen LogP contribution in [0.3, 0.4) is 0 Å². The van der Waals surface area contributed by atoms with Gasteiger partial charge in [0.05, 0.1) is 44.3 Å². The Balaban J connectivity index is 1.46. The van der Waals surface area contributed by atoms with Crippen molar-refractivity contribution >= 4 is 51.9 Å². The lowest BCUT2D eigenvalue weighted by Gasteiger charge is -2.19. The molecule has 172 valence electrons. The smallest absolute Gasteiger partial charge is 0.259 e. The SMILES string of the molecule is CC1(C)Cc2c3c(cc(C(=O)Nc4ccc(C#N)cc4)c2O1)NC(Nc1c(Cl)cccc1Cl)N3. The number of hydrogen-bond donors (Lipinski definition) is 4. The fraction of sp³-hybridized carbons (Fsp3) is 0.200. The summed E-state index contributed by atoms with van der Waals surface area (Å²) in [5.41, 5.74) is 4.25. The van der Waals surface area contributed by atoms with Crippen LogP contribution in [0.2, 0.25) is 10.0 Å². The van der Waals surface area contributed by atoms with Gasteiger partial charge in [-0.3, -0.25) is 4.79 Å². The van der Waals surface area contributed by atoms with Gasteiger partial charge in [0.25, 0.3) is 5.91 Å². The number of carbonyl (C=O) groups is 1. The fourth-order valence-electron chi connectivity index (χ4n) is 4.21. The Hall–Kier alpha value is -3.60. The molecule has 1 amide bonds. The van der Waals surface area contributed by atoms with Gasteiger partial charge in [0.15, 0.2) is 6.29 Å². The van der Waals surface area contributed by atoms with Crippen molar-refractivity contribution < 1.29 is 9.53 Å². The summed E-state index contributed by atoms with van der Waals surface area (Å²) < 4.78 is 6.20. The van der Waals surface area contributed by atoms with Crippen LogP contribution in [-0.2, 0) is 6.42 Å². The number of nitrogens with zero attached hydrogens (tertiary/aromatic N) is 1. The molecule has 5 rings (SSSR count). The largest absolute Gasteiger partial charge is 0.486 e. The molecule has 4 N–H and O–H groups in total. The standard InChI is InChI=1S/C25H21Cl2N5O2/c1-25(2)11-16-20-19(30-24(31-20)32-21-17(26)4-3-5-18(21)27)10-15(22(16)34-25)23(33)29-14-8-6-13(12-28)7-9-14/h3-10,24,30-32H,11H2,1-2H3,(H,29,33). The van der Waals surface area contributed by atoms with E-state index in [1.165, 1.54) is 0 Å². The van der Waals surface area contributed by atoms with Crippen LogP contribution in [-0.4, -0.2) is 17.8 Å². The Morgan fingerprint density at radius 3 is 2.53 bits per heavy atom. The minimum atomic E-state index is -0.458. The van der Waals surface area contributed by atoms with Crippen molar-refractivity contribution in [2.24, 2.45) is 0 Å². The molecule has 0 radical (unpaired) electrons. The second-order valence-electron chi connectivity index (χ2n) is 8.80. The second-order valence-corrected chi connectivity index (χ2v) is 9.61. The Morgan fingerprint density at radius 2 is 1.85 bits per heavy atom. The van der Waals surface area contributed by atoms with E-state index in [0.717, 1.165) is 16.9 Å². The Bertz CT molecular complexity index is 1330. The van der Waals surface area contributed by atoms with Gasteiger partial charge in [0, 0.05) is 17.7 Å². The number of fused-ring (bicyclic) bond motifs is 3. The van der Waals surface area contributed by atoms with E-state index >= 15 is 0 Å². The lowest BCUT2D eigenvalue weighted by Crippen LogP contribution is -2.31. The van der Waals surface area contributed by atoms with Crippen LogP contribution in [0.15, 0.2) is 48.5 Å². The summed E-state index contributed by atoms with van der Waals surface area (Å²) in [6.07, 6.45) is 0.244. The van der Waals surface area contributed by atoms with Gasteiger partial charge < -0.3 is 26.0 Å². The van der Waals surface area contributed by atoms with E-state index in [0.29, 0.717) is 44.7 Å². The number of hydrogen-bond acceptors (Lipinski definition) is 6. The fourth-order valence-corrected chi connectivity index (χ4v) is 4.71. The number of carbonyl (C=O) groups excluding carboxylic acids is 1. The molecule has 2 heterocycles. The first-order valence-electron chi connectivity index (χ1n) is 10.7. The van der Waals surface area contributed by atoms with Gasteiger partial charge in [-0.15, -0.1) is 0 Å². The van der Waals surface area contributed by atoms with Crippen molar-refractivity contribution in [1.82, 2.24) is 0 Å². The molecule has 1 atom stereocenters. The third-order valence-electron chi connectivity index (χ3n) is 5.72. The zero-order valence-electron chi connectivity index (χ0n) is 18.4. The van der Waals surface area contributed by atoms with E-state index in [2.05, 4.69) is 27.3 Å². The van der Waals surface area contributed by atoms with Gasteiger partial charge in [0.2, 0.25) is 0 Å². The van der Waals surface area contributed by atoms with Gasteiger partial charge in [-0.25, -0.2) is 0 Å². The molecule has 0 saturated heterocycles. The zero-order chi connectivity index (χ0) is 24.0. The van der Waals surface area contributed by atoms with E-state index in [1.807, 2.05) is 13.8 Å². The van der Waals surface area contributed by atoms with Gasteiger partial charge in [-0.1, -0.05) is 29.3 Å². The third kappa shape index (κ3) is 4.07. The molecule has 0 fully saturated rings. The third-order valence-corrected chi connectivity index (χ3v) is 6.35. The molecule has 0 spiro atoms. The lowest BCUT2D eigenvalue weighted by atomic mass is 9.97. The highest BCUT2D eigenvalue weighted by Crippen LogP contribution is 2.48. The summed E-state index contributed by atoms with van der Waals surface area (Å²) in [6, 6.07) is 15.9. The topological polar surface area (TPSA) is 98.2 Å². The normalized spacial score (nSPS) is 16.9. The number of nitrogens with one attached hydrogen (secondary N) is 4. The molecule has 0 aromatic heterocycles. The van der Waals surface area contributed by atoms with Crippen LogP contribution < -0.4 is 26.0 Å². The number of amides is 1. The van der Waals surface area contributed by atoms with Crippen LogP contribution in [0.1, 0.15) is 35.3 Å². The number of benzene rings is 3. The van der Waals surface area contributed by atoms with E-state index in [9.17, 15) is 4.79 Å². The summed E-state index contributed by atoms with van der Waals surface area (Å²) in [6.45, 7) is 3.98. The molecule has 34 heavy (non-hydrogen) atoms. The number of halogens is 2. The van der Waals surface area contributed by atoms with E-state index in [-0.39, 0.29) is 5.91 Å². The van der Waals surface area contributed by atoms with Crippen LogP contribution in [0.25, 0.3) is 0 Å². The summed E-state index contributed by atoms with van der Waals surface area (Å²) in [5, 5.41) is 23.0. The predicted molar refractivity (Wildman–Crippen MR) is 135 cm³/mol. The molecule has 3 aromatic rings. The average Bonchev–Trinajstić information content (AvgIpc) is 3.35. The van der Waals surface area contributed by atoms with Crippen molar-refractivity contribution in [2.75, 3.05) is 21.3 Å². The highest BCUT2D eigenvalue weighted by atomic mass is 35.5. The number of anilines is 4. The zero-order valence-corrected chi connectivity index (χ0v) is 19.9. The first kappa shape index (κ1) is 22.2. The van der Waals surface area contributed by atoms with Crippen molar-refractivity contribution in [3.63, 3.8) is 0 Å². The molecule has 9 heteroatoms. The van der Waals surface area contributed by atoms with E-state index in [4.69, 9.17) is 33.2 Å². The number of rotatable bonds is 4. The molecule has 3 aromatic carbocycles. The summed E-state index contributed by atoms with van der Waals surface area (Å²) in [5.74, 6) is 0.259. The van der Waals surface area contributed by atoms with Gasteiger partial charge in [0.1, 0.15) is 11.4 Å². The second kappa shape index (κ2) is 8.32. The molecular weight excluding hydrogens is 473 g/mol. The van der Waals surface area contributed by atoms with Crippen LogP contribution >= 0.6 is 23.2 Å². The van der Waals surface area contributed by atoms with Gasteiger partial charge in [-0.05, 0) is 56.3 Å². The first-order chi connectivity index (χ1) is 16.2. The van der Waals surface area contributed by atoms with Gasteiger partial charge in [-0.2, -0.15) is 5.26 Å². The number of nitriles is 1. The van der Waals surface area contributed by atoms with Crippen molar-refractivity contribution in [2.45, 2.75) is 32.2 Å². The van der Waals surface area contributed by atoms with Crippen LogP contribution in [0.5, 0.6) is 5.75 Å². The molecule has 0 aliphatic carbocycles. The minimum Gasteiger partial charge on any atom is -0.486 e. The van der Waals surface area contributed by atoms with Crippen LogP contribution in [0, 0.1) is 11.3 Å². The maximum absolute atomic E-state index is 13.2. The van der Waals surface area contributed by atoms with Crippen molar-refractivity contribution in [3.8, 4) is 11.8 Å². The Kier molecular flexibility index (Phi) is 5.43. The molecule has 2 aliphatic heterocycles.